The van der Waals surface area contributed by atoms with Gasteiger partial charge in [-0.25, -0.2) is 9.59 Å². The van der Waals surface area contributed by atoms with Gasteiger partial charge in [-0.3, -0.25) is 4.79 Å². The molecular weight excluding hydrogens is 352 g/mol. The van der Waals surface area contributed by atoms with E-state index in [1.54, 1.807) is 0 Å². The van der Waals surface area contributed by atoms with Gasteiger partial charge in [0.1, 0.15) is 12.6 Å². The second kappa shape index (κ2) is 8.33. The number of carboxylic acid groups (broad SMARTS) is 1. The van der Waals surface area contributed by atoms with Gasteiger partial charge in [0.15, 0.2) is 0 Å². The van der Waals surface area contributed by atoms with E-state index in [-0.39, 0.29) is 18.0 Å². The fraction of sp³-hybridized carbons (Fsp3) is 0.211. The number of rotatable bonds is 6. The maximum atomic E-state index is 12.0. The highest BCUT2D eigenvalue weighted by atomic mass is 16.5. The van der Waals surface area contributed by atoms with Crippen LogP contribution in [0.4, 0.5) is 4.79 Å². The minimum absolute atomic E-state index is 0. The Hall–Kier alpha value is -3.39. The largest absolute Gasteiger partial charge is 0.480 e. The van der Waals surface area contributed by atoms with Crippen molar-refractivity contribution in [3.8, 4) is 11.1 Å². The quantitative estimate of drug-likeness (QED) is 0.692. The van der Waals surface area contributed by atoms with Gasteiger partial charge in [0.05, 0.1) is 6.42 Å². The summed E-state index contributed by atoms with van der Waals surface area (Å²) in [4.78, 5) is 34.0. The normalized spacial score (nSPS) is 12.9. The van der Waals surface area contributed by atoms with Crippen LogP contribution in [0.25, 0.3) is 11.1 Å². The molecule has 1 aliphatic carbocycles. The van der Waals surface area contributed by atoms with Crippen molar-refractivity contribution in [2.24, 2.45) is 5.73 Å². The highest BCUT2D eigenvalue weighted by molar-refractivity contribution is 5.86. The summed E-state index contributed by atoms with van der Waals surface area (Å²) < 4.78 is 5.24. The van der Waals surface area contributed by atoms with E-state index >= 15 is 0 Å². The number of ether oxygens (including phenoxy) is 1. The van der Waals surface area contributed by atoms with Crippen LogP contribution in [0, 0.1) is 0 Å². The molecule has 0 heterocycles. The first-order valence-electron chi connectivity index (χ1n) is 8.10. The Balaban J connectivity index is 0.00000261. The summed E-state index contributed by atoms with van der Waals surface area (Å²) in [6.45, 7) is 0.0583. The van der Waals surface area contributed by atoms with Crippen LogP contribution in [0.3, 0.4) is 0 Å². The predicted octanol–water partition coefficient (Wildman–Crippen LogP) is 1.03. The van der Waals surface area contributed by atoms with Crippen LogP contribution in [-0.4, -0.2) is 41.2 Å². The number of alkyl carbamates (subject to hydrolysis) is 1. The standard InChI is InChI=1S/C19H18N2O5.H2O/c20-17(22)9-16(18(23)24)21-19(25)26-10-15-13-7-3-1-5-11(13)12-6-2-4-8-14(12)15;/h1-8,15-16H,9-10H2,(H2,20,22)(H,21,25)(H,23,24);1H2/t16-;/m1./s1. The maximum absolute atomic E-state index is 12.0. The van der Waals surface area contributed by atoms with E-state index in [9.17, 15) is 14.4 Å². The van der Waals surface area contributed by atoms with Crippen molar-refractivity contribution in [1.29, 1.82) is 0 Å². The number of fused-ring (bicyclic) bond motifs is 3. The third kappa shape index (κ3) is 4.24. The summed E-state index contributed by atoms with van der Waals surface area (Å²) in [5.41, 5.74) is 9.27. The summed E-state index contributed by atoms with van der Waals surface area (Å²) >= 11 is 0. The molecule has 8 nitrogen and oxygen atoms in total. The first kappa shape index (κ1) is 19.9. The van der Waals surface area contributed by atoms with Crippen molar-refractivity contribution in [3.63, 3.8) is 0 Å². The molecule has 0 aliphatic heterocycles. The van der Waals surface area contributed by atoms with Crippen LogP contribution in [0.1, 0.15) is 23.5 Å². The number of carbonyl (C=O) groups excluding carboxylic acids is 2. The Morgan fingerprint density at radius 3 is 2.04 bits per heavy atom. The zero-order chi connectivity index (χ0) is 18.7. The SMILES string of the molecule is NC(=O)C[C@@H](NC(=O)OCC1c2ccccc2-c2ccccc21)C(=O)O.O. The highest BCUT2D eigenvalue weighted by Gasteiger charge is 2.30. The molecule has 0 spiro atoms. The summed E-state index contributed by atoms with van der Waals surface area (Å²) in [5, 5.41) is 11.2. The molecule has 2 aromatic carbocycles. The van der Waals surface area contributed by atoms with E-state index in [0.29, 0.717) is 0 Å². The zero-order valence-corrected chi connectivity index (χ0v) is 14.3. The lowest BCUT2D eigenvalue weighted by Crippen LogP contribution is -2.43. The smallest absolute Gasteiger partial charge is 0.407 e. The molecular formula is C19H20N2O6. The predicted molar refractivity (Wildman–Crippen MR) is 97.1 cm³/mol. The number of nitrogens with one attached hydrogen (secondary N) is 1. The van der Waals surface area contributed by atoms with Crippen LogP contribution in [0.5, 0.6) is 0 Å². The van der Waals surface area contributed by atoms with Gasteiger partial charge in [0.25, 0.3) is 0 Å². The van der Waals surface area contributed by atoms with Crippen LogP contribution in [-0.2, 0) is 14.3 Å². The second-order valence-corrected chi connectivity index (χ2v) is 6.03. The second-order valence-electron chi connectivity index (χ2n) is 6.03. The molecule has 2 aromatic rings. The number of hydrogen-bond donors (Lipinski definition) is 3. The molecule has 6 N–H and O–H groups in total. The molecule has 27 heavy (non-hydrogen) atoms. The first-order chi connectivity index (χ1) is 12.5. The van der Waals surface area contributed by atoms with Crippen molar-refractivity contribution >= 4 is 18.0 Å². The number of primary amides is 1. The number of nitrogens with two attached hydrogens (primary N) is 1. The molecule has 1 atom stereocenters. The van der Waals surface area contributed by atoms with Gasteiger partial charge in [0.2, 0.25) is 5.91 Å². The third-order valence-electron chi connectivity index (χ3n) is 4.34. The fourth-order valence-corrected chi connectivity index (χ4v) is 3.18. The Morgan fingerprint density at radius 1 is 1.04 bits per heavy atom. The van der Waals surface area contributed by atoms with E-state index in [0.717, 1.165) is 22.3 Å². The van der Waals surface area contributed by atoms with E-state index in [1.807, 2.05) is 48.5 Å². The van der Waals surface area contributed by atoms with E-state index in [1.165, 1.54) is 0 Å². The molecule has 0 bridgehead atoms. The summed E-state index contributed by atoms with van der Waals surface area (Å²) in [6.07, 6.45) is -1.40. The molecule has 2 amide bonds. The average Bonchev–Trinajstić information content (AvgIpc) is 2.93. The lowest BCUT2D eigenvalue weighted by atomic mass is 9.98. The van der Waals surface area contributed by atoms with Crippen LogP contribution < -0.4 is 11.1 Å². The fourth-order valence-electron chi connectivity index (χ4n) is 3.18. The summed E-state index contributed by atoms with van der Waals surface area (Å²) in [7, 11) is 0. The molecule has 0 saturated carbocycles. The molecule has 0 unspecified atom stereocenters. The monoisotopic (exact) mass is 372 g/mol. The van der Waals surface area contributed by atoms with Crippen LogP contribution in [0.2, 0.25) is 0 Å². The van der Waals surface area contributed by atoms with Gasteiger partial charge in [0, 0.05) is 5.92 Å². The lowest BCUT2D eigenvalue weighted by Gasteiger charge is -2.16. The zero-order valence-electron chi connectivity index (χ0n) is 14.3. The molecule has 0 fully saturated rings. The van der Waals surface area contributed by atoms with Gasteiger partial charge in [-0.05, 0) is 22.3 Å². The van der Waals surface area contributed by atoms with Gasteiger partial charge in [-0.2, -0.15) is 0 Å². The molecule has 3 rings (SSSR count). The topological polar surface area (TPSA) is 150 Å². The maximum Gasteiger partial charge on any atom is 0.407 e. The van der Waals surface area contributed by atoms with Crippen molar-refractivity contribution in [2.75, 3.05) is 6.61 Å². The first-order valence-corrected chi connectivity index (χ1v) is 8.10. The van der Waals surface area contributed by atoms with E-state index in [4.69, 9.17) is 15.6 Å². The average molecular weight is 372 g/mol. The van der Waals surface area contributed by atoms with E-state index < -0.39 is 30.4 Å². The number of amides is 2. The van der Waals surface area contributed by atoms with Crippen molar-refractivity contribution in [2.45, 2.75) is 18.4 Å². The number of carboxylic acids is 1. The number of aliphatic carboxylic acids is 1. The molecule has 0 saturated heterocycles. The Labute approximate surface area is 155 Å². The minimum atomic E-state index is -1.41. The Bertz CT molecular complexity index is 821. The highest BCUT2D eigenvalue weighted by Crippen LogP contribution is 2.44. The van der Waals surface area contributed by atoms with E-state index in [2.05, 4.69) is 5.32 Å². The molecule has 142 valence electrons. The van der Waals surface area contributed by atoms with Crippen LogP contribution >= 0.6 is 0 Å². The van der Waals surface area contributed by atoms with Crippen molar-refractivity contribution in [3.05, 3.63) is 59.7 Å². The summed E-state index contributed by atoms with van der Waals surface area (Å²) in [6, 6.07) is 14.3. The molecule has 8 heteroatoms. The molecule has 1 aliphatic rings. The van der Waals surface area contributed by atoms with Crippen molar-refractivity contribution < 1.29 is 29.7 Å². The van der Waals surface area contributed by atoms with Gasteiger partial charge >= 0.3 is 12.1 Å². The number of hydrogen-bond acceptors (Lipinski definition) is 4. The number of benzene rings is 2. The number of carbonyl (C=O) groups is 3. The Morgan fingerprint density at radius 2 is 1.56 bits per heavy atom. The Kier molecular flexibility index (Phi) is 6.15. The van der Waals surface area contributed by atoms with Gasteiger partial charge in [-0.1, -0.05) is 48.5 Å². The van der Waals surface area contributed by atoms with Crippen LogP contribution in [0.15, 0.2) is 48.5 Å². The molecule has 0 radical (unpaired) electrons. The minimum Gasteiger partial charge on any atom is -0.480 e. The third-order valence-corrected chi connectivity index (χ3v) is 4.34. The van der Waals surface area contributed by atoms with Gasteiger partial charge < -0.3 is 26.4 Å². The van der Waals surface area contributed by atoms with Crippen molar-refractivity contribution in [1.82, 2.24) is 5.32 Å². The lowest BCUT2D eigenvalue weighted by molar-refractivity contribution is -0.141. The summed E-state index contributed by atoms with van der Waals surface area (Å²) in [5.74, 6) is -2.30. The molecule has 0 aromatic heterocycles. The van der Waals surface area contributed by atoms with Gasteiger partial charge in [-0.15, -0.1) is 0 Å².